The van der Waals surface area contributed by atoms with E-state index in [1.807, 2.05) is 24.5 Å². The van der Waals surface area contributed by atoms with Crippen LogP contribution in [0.3, 0.4) is 0 Å². The van der Waals surface area contributed by atoms with E-state index in [4.69, 9.17) is 4.74 Å². The highest BCUT2D eigenvalue weighted by molar-refractivity contribution is 5.78. The lowest BCUT2D eigenvalue weighted by Gasteiger charge is -2.10. The van der Waals surface area contributed by atoms with Crippen molar-refractivity contribution in [1.82, 2.24) is 9.55 Å². The van der Waals surface area contributed by atoms with Gasteiger partial charge < -0.3 is 9.30 Å². The van der Waals surface area contributed by atoms with Gasteiger partial charge in [0.2, 0.25) is 0 Å². The lowest BCUT2D eigenvalue weighted by molar-refractivity contribution is 0.289. The van der Waals surface area contributed by atoms with Crippen LogP contribution in [0.1, 0.15) is 28.1 Å². The second kappa shape index (κ2) is 6.37. The van der Waals surface area contributed by atoms with Gasteiger partial charge in [0.1, 0.15) is 24.7 Å². The fourth-order valence-electron chi connectivity index (χ4n) is 2.79. The summed E-state index contributed by atoms with van der Waals surface area (Å²) in [6, 6.07) is 12.5. The van der Waals surface area contributed by atoms with Crippen LogP contribution in [0, 0.1) is 39.0 Å². The van der Waals surface area contributed by atoms with Gasteiger partial charge in [-0.05, 0) is 68.1 Å². The van der Waals surface area contributed by atoms with Crippen molar-refractivity contribution in [2.45, 2.75) is 40.8 Å². The van der Waals surface area contributed by atoms with Crippen molar-refractivity contribution in [2.24, 2.45) is 0 Å². The van der Waals surface area contributed by atoms with E-state index >= 15 is 0 Å². The number of hydrogen-bond donors (Lipinski definition) is 0. The van der Waals surface area contributed by atoms with Crippen LogP contribution in [0.25, 0.3) is 11.0 Å². The Balaban J connectivity index is 1.98. The molecule has 2 aromatic carbocycles. The Morgan fingerprint density at radius 1 is 1.04 bits per heavy atom. The zero-order chi connectivity index (χ0) is 17.3. The molecule has 0 aliphatic rings. The first-order valence-corrected chi connectivity index (χ1v) is 8.03. The largest absolute Gasteiger partial charge is 0.485 e. The number of benzene rings is 2. The minimum absolute atomic E-state index is 0.268. The summed E-state index contributed by atoms with van der Waals surface area (Å²) >= 11 is 0. The van der Waals surface area contributed by atoms with Crippen LogP contribution in [0.4, 0.5) is 0 Å². The molecule has 0 saturated heterocycles. The van der Waals surface area contributed by atoms with E-state index in [0.717, 1.165) is 33.7 Å². The number of imidazole rings is 1. The van der Waals surface area contributed by atoms with E-state index in [9.17, 15) is 5.26 Å². The van der Waals surface area contributed by atoms with E-state index in [0.29, 0.717) is 6.61 Å². The second-order valence-corrected chi connectivity index (χ2v) is 6.26. The van der Waals surface area contributed by atoms with Crippen LogP contribution in [0.5, 0.6) is 5.75 Å². The maximum Gasteiger partial charge on any atom is 0.148 e. The molecule has 0 amide bonds. The molecule has 1 heterocycles. The average Bonchev–Trinajstić information content (AvgIpc) is 2.86. The van der Waals surface area contributed by atoms with E-state index in [1.165, 1.54) is 11.1 Å². The number of nitrogens with zero attached hydrogens (tertiary/aromatic N) is 3. The average molecular weight is 319 g/mol. The fourth-order valence-corrected chi connectivity index (χ4v) is 2.79. The molecule has 0 aliphatic carbocycles. The predicted octanol–water partition coefficient (Wildman–Crippen LogP) is 4.37. The van der Waals surface area contributed by atoms with E-state index in [-0.39, 0.29) is 6.54 Å². The molecular weight excluding hydrogens is 298 g/mol. The van der Waals surface area contributed by atoms with Gasteiger partial charge in [-0.3, -0.25) is 0 Å². The molecule has 3 rings (SSSR count). The summed E-state index contributed by atoms with van der Waals surface area (Å²) in [6.07, 6.45) is 0. The molecule has 0 atom stereocenters. The third-order valence-corrected chi connectivity index (χ3v) is 4.37. The molecule has 122 valence electrons. The Hall–Kier alpha value is -2.80. The maximum absolute atomic E-state index is 9.17. The van der Waals surface area contributed by atoms with Crippen molar-refractivity contribution in [1.29, 1.82) is 5.26 Å². The van der Waals surface area contributed by atoms with Crippen LogP contribution >= 0.6 is 0 Å². The Morgan fingerprint density at radius 3 is 2.54 bits per heavy atom. The highest BCUT2D eigenvalue weighted by atomic mass is 16.5. The first kappa shape index (κ1) is 16.1. The summed E-state index contributed by atoms with van der Waals surface area (Å²) in [5.74, 6) is 1.63. The van der Waals surface area contributed by atoms with Crippen molar-refractivity contribution in [3.8, 4) is 11.8 Å². The van der Waals surface area contributed by atoms with E-state index in [2.05, 4.69) is 49.2 Å². The van der Waals surface area contributed by atoms with Crippen LogP contribution < -0.4 is 4.74 Å². The zero-order valence-corrected chi connectivity index (χ0v) is 14.6. The van der Waals surface area contributed by atoms with Gasteiger partial charge in [0.25, 0.3) is 0 Å². The molecule has 0 spiro atoms. The van der Waals surface area contributed by atoms with Crippen LogP contribution in [0.2, 0.25) is 0 Å². The first-order valence-electron chi connectivity index (χ1n) is 8.03. The highest BCUT2D eigenvalue weighted by Gasteiger charge is 2.13. The molecular formula is C20H21N3O. The molecule has 0 N–H and O–H groups in total. The highest BCUT2D eigenvalue weighted by Crippen LogP contribution is 2.24. The van der Waals surface area contributed by atoms with Crippen molar-refractivity contribution >= 4 is 11.0 Å². The van der Waals surface area contributed by atoms with Crippen LogP contribution in [-0.4, -0.2) is 9.55 Å². The molecule has 0 bridgehead atoms. The van der Waals surface area contributed by atoms with Gasteiger partial charge in [-0.2, -0.15) is 5.26 Å². The lowest BCUT2D eigenvalue weighted by atomic mass is 10.1. The molecule has 24 heavy (non-hydrogen) atoms. The minimum Gasteiger partial charge on any atom is -0.485 e. The standard InChI is InChI=1S/C20H21N3O/c1-13-5-6-14(2)19(9-13)24-12-20-22-17-10-15(3)16(4)11-18(17)23(20)8-7-21/h5-6,9-11H,8,12H2,1-4H3. The van der Waals surface area contributed by atoms with Gasteiger partial charge in [0, 0.05) is 0 Å². The number of ether oxygens (including phenoxy) is 1. The molecule has 0 aliphatic heterocycles. The molecule has 4 nitrogen and oxygen atoms in total. The molecule has 3 aromatic rings. The number of aromatic nitrogens is 2. The van der Waals surface area contributed by atoms with Crippen molar-refractivity contribution in [3.05, 3.63) is 58.4 Å². The summed E-state index contributed by atoms with van der Waals surface area (Å²) < 4.78 is 7.93. The summed E-state index contributed by atoms with van der Waals surface area (Å²) in [5, 5.41) is 9.17. The molecule has 0 fully saturated rings. The van der Waals surface area contributed by atoms with E-state index < -0.39 is 0 Å². The minimum atomic E-state index is 0.268. The van der Waals surface area contributed by atoms with E-state index in [1.54, 1.807) is 0 Å². The third-order valence-electron chi connectivity index (χ3n) is 4.37. The number of hydrogen-bond acceptors (Lipinski definition) is 3. The number of rotatable bonds is 4. The fraction of sp³-hybridized carbons (Fsp3) is 0.300. The first-order chi connectivity index (χ1) is 11.5. The summed E-state index contributed by atoms with van der Waals surface area (Å²) in [7, 11) is 0. The topological polar surface area (TPSA) is 50.8 Å². The summed E-state index contributed by atoms with van der Waals surface area (Å²) in [4.78, 5) is 4.69. The van der Waals surface area contributed by atoms with Gasteiger partial charge in [0.05, 0.1) is 17.1 Å². The molecule has 1 aromatic heterocycles. The van der Waals surface area contributed by atoms with Gasteiger partial charge >= 0.3 is 0 Å². The lowest BCUT2D eigenvalue weighted by Crippen LogP contribution is -2.07. The van der Waals surface area contributed by atoms with Gasteiger partial charge in [-0.25, -0.2) is 4.98 Å². The Morgan fingerprint density at radius 2 is 1.79 bits per heavy atom. The number of fused-ring (bicyclic) bond motifs is 1. The second-order valence-electron chi connectivity index (χ2n) is 6.26. The van der Waals surface area contributed by atoms with Crippen LogP contribution in [-0.2, 0) is 13.2 Å². The smallest absolute Gasteiger partial charge is 0.148 e. The van der Waals surface area contributed by atoms with Gasteiger partial charge in [-0.1, -0.05) is 12.1 Å². The van der Waals surface area contributed by atoms with Crippen molar-refractivity contribution < 1.29 is 4.74 Å². The van der Waals surface area contributed by atoms with Crippen molar-refractivity contribution in [3.63, 3.8) is 0 Å². The normalized spacial score (nSPS) is 10.8. The SMILES string of the molecule is Cc1ccc(C)c(OCc2nc3cc(C)c(C)cc3n2CC#N)c1. The van der Waals surface area contributed by atoms with Gasteiger partial charge in [-0.15, -0.1) is 0 Å². The van der Waals surface area contributed by atoms with Crippen molar-refractivity contribution in [2.75, 3.05) is 0 Å². The Labute approximate surface area is 142 Å². The van der Waals surface area contributed by atoms with Crippen LogP contribution in [0.15, 0.2) is 30.3 Å². The molecule has 0 saturated carbocycles. The molecule has 0 radical (unpaired) electrons. The number of nitriles is 1. The summed E-state index contributed by atoms with van der Waals surface area (Å²) in [6.45, 7) is 8.83. The zero-order valence-electron chi connectivity index (χ0n) is 14.6. The Kier molecular flexibility index (Phi) is 4.26. The summed E-state index contributed by atoms with van der Waals surface area (Å²) in [5.41, 5.74) is 6.55. The molecule has 0 unspecified atom stereocenters. The van der Waals surface area contributed by atoms with Gasteiger partial charge in [0.15, 0.2) is 0 Å². The maximum atomic E-state index is 9.17. The quantitative estimate of drug-likeness (QED) is 0.717. The Bertz CT molecular complexity index is 948. The number of aryl methyl sites for hydroxylation is 4. The molecule has 4 heteroatoms. The third kappa shape index (κ3) is 2.98. The monoisotopic (exact) mass is 319 g/mol. The predicted molar refractivity (Wildman–Crippen MR) is 95.1 cm³/mol.